The van der Waals surface area contributed by atoms with E-state index in [9.17, 15) is 4.79 Å². The number of rotatable bonds is 4. The number of piperidine rings is 1. The molecule has 0 aliphatic carbocycles. The second-order valence-corrected chi connectivity index (χ2v) is 6.26. The van der Waals surface area contributed by atoms with Crippen LogP contribution in [0.1, 0.15) is 18.4 Å². The highest BCUT2D eigenvalue weighted by atomic mass is 16.7. The number of benzene rings is 1. The van der Waals surface area contributed by atoms with E-state index < -0.39 is 0 Å². The number of ether oxygens (including phenoxy) is 2. The summed E-state index contributed by atoms with van der Waals surface area (Å²) in [5.74, 6) is 2.38. The number of nitrogens with one attached hydrogen (secondary N) is 1. The molecule has 1 N–H and O–H groups in total. The third-order valence-corrected chi connectivity index (χ3v) is 4.54. The van der Waals surface area contributed by atoms with E-state index in [2.05, 4.69) is 20.2 Å². The number of hydrogen-bond donors (Lipinski definition) is 1. The number of carbonyl (C=O) groups is 1. The van der Waals surface area contributed by atoms with Crippen LogP contribution < -0.4 is 19.7 Å². The Morgan fingerprint density at radius 3 is 2.84 bits per heavy atom. The summed E-state index contributed by atoms with van der Waals surface area (Å²) in [5.41, 5.74) is 0.929. The summed E-state index contributed by atoms with van der Waals surface area (Å²) >= 11 is 0. The van der Waals surface area contributed by atoms with Crippen LogP contribution in [-0.4, -0.2) is 41.8 Å². The summed E-state index contributed by atoms with van der Waals surface area (Å²) in [6, 6.07) is 5.83. The molecule has 2 aliphatic rings. The number of carbonyl (C=O) groups excluding carboxylic acids is 1. The molecule has 25 heavy (non-hydrogen) atoms. The SMILES string of the molecule is O=C(Cc1ccc2c(c1)OCO2)NC1CCN(c2cnccn2)CC1. The molecule has 1 saturated heterocycles. The van der Waals surface area contributed by atoms with Crippen LogP contribution in [0.15, 0.2) is 36.8 Å². The number of anilines is 1. The molecule has 3 heterocycles. The van der Waals surface area contributed by atoms with Gasteiger partial charge in [-0.3, -0.25) is 9.78 Å². The summed E-state index contributed by atoms with van der Waals surface area (Å²) in [5, 5.41) is 3.13. The lowest BCUT2D eigenvalue weighted by molar-refractivity contribution is -0.121. The second kappa shape index (κ2) is 6.96. The number of aromatic nitrogens is 2. The predicted octanol–water partition coefficient (Wildman–Crippen LogP) is 1.53. The van der Waals surface area contributed by atoms with Crippen molar-refractivity contribution in [2.24, 2.45) is 0 Å². The van der Waals surface area contributed by atoms with Crippen molar-refractivity contribution in [1.82, 2.24) is 15.3 Å². The summed E-state index contributed by atoms with van der Waals surface area (Å²) in [6.45, 7) is 1.98. The van der Waals surface area contributed by atoms with Gasteiger partial charge < -0.3 is 19.7 Å². The smallest absolute Gasteiger partial charge is 0.231 e. The molecule has 0 radical (unpaired) electrons. The molecule has 0 unspecified atom stereocenters. The first-order chi connectivity index (χ1) is 12.3. The highest BCUT2D eigenvalue weighted by Crippen LogP contribution is 2.32. The van der Waals surface area contributed by atoms with Crippen molar-refractivity contribution in [3.8, 4) is 11.5 Å². The molecule has 7 nitrogen and oxygen atoms in total. The Kier molecular flexibility index (Phi) is 4.37. The van der Waals surface area contributed by atoms with E-state index in [1.165, 1.54) is 0 Å². The van der Waals surface area contributed by atoms with Gasteiger partial charge in [-0.05, 0) is 30.5 Å². The second-order valence-electron chi connectivity index (χ2n) is 6.26. The fourth-order valence-corrected chi connectivity index (χ4v) is 3.22. The Labute approximate surface area is 146 Å². The van der Waals surface area contributed by atoms with Crippen LogP contribution in [0.25, 0.3) is 0 Å². The number of nitrogens with zero attached hydrogens (tertiary/aromatic N) is 3. The van der Waals surface area contributed by atoms with E-state index in [4.69, 9.17) is 9.47 Å². The van der Waals surface area contributed by atoms with Crippen molar-refractivity contribution >= 4 is 11.7 Å². The largest absolute Gasteiger partial charge is 0.454 e. The van der Waals surface area contributed by atoms with Crippen molar-refractivity contribution in [2.45, 2.75) is 25.3 Å². The highest BCUT2D eigenvalue weighted by molar-refractivity contribution is 5.79. The third kappa shape index (κ3) is 3.65. The average Bonchev–Trinajstić information content (AvgIpc) is 3.11. The molecule has 1 aromatic carbocycles. The molecule has 1 fully saturated rings. The Morgan fingerprint density at radius 1 is 1.20 bits per heavy atom. The minimum Gasteiger partial charge on any atom is -0.454 e. The van der Waals surface area contributed by atoms with Crippen LogP contribution in [0.4, 0.5) is 5.82 Å². The van der Waals surface area contributed by atoms with Gasteiger partial charge in [-0.25, -0.2) is 4.98 Å². The van der Waals surface area contributed by atoms with E-state index >= 15 is 0 Å². The van der Waals surface area contributed by atoms with Crippen LogP contribution in [0.3, 0.4) is 0 Å². The molecule has 2 aliphatic heterocycles. The standard InChI is InChI=1S/C18H20N4O3/c23-18(10-13-1-2-15-16(9-13)25-12-24-15)21-14-3-7-22(8-4-14)17-11-19-5-6-20-17/h1-2,5-6,9,11,14H,3-4,7-8,10,12H2,(H,21,23). The molecule has 0 saturated carbocycles. The first-order valence-corrected chi connectivity index (χ1v) is 8.47. The normalized spacial score (nSPS) is 16.7. The fraction of sp³-hybridized carbons (Fsp3) is 0.389. The molecule has 7 heteroatoms. The Bertz CT molecular complexity index is 745. The van der Waals surface area contributed by atoms with Crippen molar-refractivity contribution < 1.29 is 14.3 Å². The van der Waals surface area contributed by atoms with Crippen molar-refractivity contribution in [2.75, 3.05) is 24.8 Å². The van der Waals surface area contributed by atoms with Gasteiger partial charge in [0.25, 0.3) is 0 Å². The number of hydrogen-bond acceptors (Lipinski definition) is 6. The summed E-state index contributed by atoms with van der Waals surface area (Å²) in [7, 11) is 0. The van der Waals surface area contributed by atoms with E-state index in [-0.39, 0.29) is 18.7 Å². The van der Waals surface area contributed by atoms with Gasteiger partial charge in [-0.15, -0.1) is 0 Å². The maximum absolute atomic E-state index is 12.3. The maximum Gasteiger partial charge on any atom is 0.231 e. The maximum atomic E-state index is 12.3. The van der Waals surface area contributed by atoms with E-state index in [1.807, 2.05) is 18.2 Å². The first kappa shape index (κ1) is 15.7. The molecule has 4 rings (SSSR count). The van der Waals surface area contributed by atoms with Crippen molar-refractivity contribution in [3.63, 3.8) is 0 Å². The quantitative estimate of drug-likeness (QED) is 0.910. The predicted molar refractivity (Wildman–Crippen MR) is 91.7 cm³/mol. The molecular weight excluding hydrogens is 320 g/mol. The highest BCUT2D eigenvalue weighted by Gasteiger charge is 2.22. The first-order valence-electron chi connectivity index (χ1n) is 8.47. The fourth-order valence-electron chi connectivity index (χ4n) is 3.22. The molecule has 0 spiro atoms. The molecule has 1 amide bonds. The molecule has 0 bridgehead atoms. The van der Waals surface area contributed by atoms with Crippen LogP contribution in [0.5, 0.6) is 11.5 Å². The third-order valence-electron chi connectivity index (χ3n) is 4.54. The molecule has 2 aromatic rings. The number of fused-ring (bicyclic) bond motifs is 1. The molecule has 130 valence electrons. The van der Waals surface area contributed by atoms with Gasteiger partial charge >= 0.3 is 0 Å². The Balaban J connectivity index is 1.28. The van der Waals surface area contributed by atoms with Gasteiger partial charge in [0.15, 0.2) is 11.5 Å². The van der Waals surface area contributed by atoms with Crippen LogP contribution in [-0.2, 0) is 11.2 Å². The molecule has 0 atom stereocenters. The minimum atomic E-state index is 0.0387. The van der Waals surface area contributed by atoms with E-state index in [1.54, 1.807) is 18.6 Å². The van der Waals surface area contributed by atoms with Gasteiger partial charge in [0.2, 0.25) is 12.7 Å². The molecule has 1 aromatic heterocycles. The Hall–Kier alpha value is -2.83. The zero-order chi connectivity index (χ0) is 17.1. The van der Waals surface area contributed by atoms with Gasteiger partial charge in [-0.2, -0.15) is 0 Å². The lowest BCUT2D eigenvalue weighted by Crippen LogP contribution is -2.45. The van der Waals surface area contributed by atoms with Crippen molar-refractivity contribution in [3.05, 3.63) is 42.4 Å². The van der Waals surface area contributed by atoms with E-state index in [0.29, 0.717) is 12.2 Å². The summed E-state index contributed by atoms with van der Waals surface area (Å²) < 4.78 is 10.6. The van der Waals surface area contributed by atoms with E-state index in [0.717, 1.165) is 43.1 Å². The topological polar surface area (TPSA) is 76.6 Å². The van der Waals surface area contributed by atoms with Gasteiger partial charge in [-0.1, -0.05) is 6.07 Å². The molecular formula is C18H20N4O3. The van der Waals surface area contributed by atoms with Gasteiger partial charge in [0.05, 0.1) is 12.6 Å². The minimum absolute atomic E-state index is 0.0387. The zero-order valence-electron chi connectivity index (χ0n) is 13.9. The van der Waals surface area contributed by atoms with Crippen molar-refractivity contribution in [1.29, 1.82) is 0 Å². The van der Waals surface area contributed by atoms with Gasteiger partial charge in [0, 0.05) is 31.5 Å². The summed E-state index contributed by atoms with van der Waals surface area (Å²) in [6.07, 6.45) is 7.31. The monoisotopic (exact) mass is 340 g/mol. The van der Waals surface area contributed by atoms with Crippen LogP contribution in [0, 0.1) is 0 Å². The lowest BCUT2D eigenvalue weighted by Gasteiger charge is -2.32. The number of amides is 1. The summed E-state index contributed by atoms with van der Waals surface area (Å²) in [4.78, 5) is 22.9. The lowest BCUT2D eigenvalue weighted by atomic mass is 10.0. The van der Waals surface area contributed by atoms with Crippen LogP contribution in [0.2, 0.25) is 0 Å². The zero-order valence-corrected chi connectivity index (χ0v) is 13.9. The van der Waals surface area contributed by atoms with Crippen LogP contribution >= 0.6 is 0 Å². The average molecular weight is 340 g/mol. The Morgan fingerprint density at radius 2 is 2.04 bits per heavy atom. The van der Waals surface area contributed by atoms with Gasteiger partial charge in [0.1, 0.15) is 5.82 Å².